The average Bonchev–Trinajstić information content (AvgIpc) is 2.75. The first-order valence-corrected chi connectivity index (χ1v) is 4.99. The van der Waals surface area contributed by atoms with Crippen molar-refractivity contribution < 1.29 is 13.0 Å². The van der Waals surface area contributed by atoms with E-state index < -0.39 is 12.9 Å². The summed E-state index contributed by atoms with van der Waals surface area (Å²) in [5.41, 5.74) is 1.85. The van der Waals surface area contributed by atoms with Crippen LogP contribution in [0.15, 0.2) is 12.1 Å². The number of nitrogens with two attached hydrogens (primary N) is 1. The predicted molar refractivity (Wildman–Crippen MR) is 67.1 cm³/mol. The zero-order valence-corrected chi connectivity index (χ0v) is 9.51. The summed E-state index contributed by atoms with van der Waals surface area (Å²) in [5, 5.41) is 0.491. The number of nitrogens with one attached hydrogen (secondary N) is 1. The minimum atomic E-state index is -2.82. The van der Waals surface area contributed by atoms with Gasteiger partial charge in [-0.1, -0.05) is 0 Å². The minimum absolute atomic E-state index is 0.0963. The number of methoxy groups -OCH3 is 1. The molecule has 0 aliphatic heterocycles. The van der Waals surface area contributed by atoms with E-state index in [2.05, 4.69) is 4.98 Å². The molecule has 0 radical (unpaired) electrons. The van der Waals surface area contributed by atoms with E-state index in [1.165, 1.54) is 7.11 Å². The predicted octanol–water partition coefficient (Wildman–Crippen LogP) is 2.29. The highest BCUT2D eigenvalue weighted by Crippen LogP contribution is 2.29. The summed E-state index contributed by atoms with van der Waals surface area (Å²) < 4.78 is 51.5. The van der Waals surface area contributed by atoms with E-state index in [9.17, 15) is 0 Å². The second kappa shape index (κ2) is 4.18. The van der Waals surface area contributed by atoms with Crippen LogP contribution in [-0.2, 0) is 6.37 Å². The highest BCUT2D eigenvalue weighted by molar-refractivity contribution is 5.88. The van der Waals surface area contributed by atoms with Crippen molar-refractivity contribution in [3.63, 3.8) is 0 Å². The zero-order valence-electron chi connectivity index (χ0n) is 15.5. The maximum absolute atomic E-state index is 8.19. The second-order valence-electron chi connectivity index (χ2n) is 3.73. The third kappa shape index (κ3) is 1.67. The maximum atomic E-state index is 8.19. The number of ether oxygens (including phenoxy) is 1. The monoisotopic (exact) mass is 224 g/mol. The Bertz CT molecular complexity index is 710. The molecule has 0 saturated carbocycles. The Morgan fingerprint density at radius 2 is 2.31 bits per heavy atom. The standard InChI is InChI=1S/C13H18N2O/c1-8-6-10(16-3)7-12-11(4-5-14)9(2)15-13(8)12/h6-7,15H,4-5,14H2,1-3H3/i4D2,5D2/hD2. The van der Waals surface area contributed by atoms with Gasteiger partial charge in [-0.2, -0.15) is 0 Å². The molecule has 1 heterocycles. The number of hydrogen-bond acceptors (Lipinski definition) is 2. The summed E-state index contributed by atoms with van der Waals surface area (Å²) in [7, 11) is 1.50. The summed E-state index contributed by atoms with van der Waals surface area (Å²) in [4.78, 5) is 3.06. The summed E-state index contributed by atoms with van der Waals surface area (Å²) in [6.07, 6.45) is -2.56. The van der Waals surface area contributed by atoms with Crippen LogP contribution in [0.1, 0.15) is 22.3 Å². The van der Waals surface area contributed by atoms with Crippen LogP contribution in [0.4, 0.5) is 0 Å². The first-order valence-electron chi connectivity index (χ1n) is 7.89. The molecule has 0 aliphatic carbocycles. The fourth-order valence-corrected chi connectivity index (χ4v) is 1.90. The minimum Gasteiger partial charge on any atom is -0.497 e. The topological polar surface area (TPSA) is 51.0 Å². The smallest absolute Gasteiger partial charge is 0.119 e. The van der Waals surface area contributed by atoms with Gasteiger partial charge in [0.05, 0.1) is 7.11 Å². The van der Waals surface area contributed by atoms with E-state index >= 15 is 0 Å². The van der Waals surface area contributed by atoms with Crippen molar-refractivity contribution in [2.24, 2.45) is 5.72 Å². The number of fused-ring (bicyclic) bond motifs is 1. The lowest BCUT2D eigenvalue weighted by Crippen LogP contribution is -2.03. The lowest BCUT2D eigenvalue weighted by molar-refractivity contribution is 0.415. The molecule has 3 heteroatoms. The van der Waals surface area contributed by atoms with Gasteiger partial charge in [-0.25, -0.2) is 0 Å². The molecule has 0 bridgehead atoms. The molecule has 3 nitrogen and oxygen atoms in total. The Kier molecular flexibility index (Phi) is 1.50. The first kappa shape index (κ1) is 5.73. The Hall–Kier alpha value is -1.48. The summed E-state index contributed by atoms with van der Waals surface area (Å²) in [6.45, 7) is 0.674. The van der Waals surface area contributed by atoms with E-state index in [1.54, 1.807) is 19.1 Å². The van der Waals surface area contributed by atoms with Crippen LogP contribution < -0.4 is 10.5 Å². The Morgan fingerprint density at radius 1 is 1.50 bits per heavy atom. The highest BCUT2D eigenvalue weighted by Gasteiger charge is 2.10. The average molecular weight is 224 g/mol. The molecule has 1 aromatic heterocycles. The fraction of sp³-hybridized carbons (Fsp3) is 0.385. The Labute approximate surface area is 104 Å². The molecule has 0 amide bonds. The third-order valence-electron chi connectivity index (χ3n) is 2.68. The number of aromatic nitrogens is 1. The first-order chi connectivity index (χ1) is 10.0. The molecule has 2 aromatic rings. The molecule has 0 atom stereocenters. The second-order valence-corrected chi connectivity index (χ2v) is 3.73. The van der Waals surface area contributed by atoms with Gasteiger partial charge in [0.25, 0.3) is 0 Å². The van der Waals surface area contributed by atoms with Crippen molar-refractivity contribution in [2.45, 2.75) is 20.2 Å². The maximum Gasteiger partial charge on any atom is 0.119 e. The van der Waals surface area contributed by atoms with Crippen molar-refractivity contribution in [3.8, 4) is 5.75 Å². The van der Waals surface area contributed by atoms with Crippen LogP contribution in [-0.4, -0.2) is 18.6 Å². The largest absolute Gasteiger partial charge is 0.497 e. The molecule has 1 aromatic carbocycles. The summed E-state index contributed by atoms with van der Waals surface area (Å²) in [6, 6.07) is 3.43. The number of rotatable bonds is 4. The summed E-state index contributed by atoms with van der Waals surface area (Å²) in [5.74, 6) is 0.537. The van der Waals surface area contributed by atoms with E-state index in [1.807, 2.05) is 6.92 Å². The molecule has 2 rings (SSSR count). The van der Waals surface area contributed by atoms with Crippen LogP contribution in [0.2, 0.25) is 2.82 Å². The molecule has 0 unspecified atom stereocenters. The van der Waals surface area contributed by atoms with Gasteiger partial charge in [-0.05, 0) is 50.0 Å². The Morgan fingerprint density at radius 3 is 3.00 bits per heavy atom. The van der Waals surface area contributed by atoms with E-state index in [0.29, 0.717) is 22.3 Å². The van der Waals surface area contributed by atoms with Crippen molar-refractivity contribution >= 4 is 10.9 Å². The van der Waals surface area contributed by atoms with E-state index in [-0.39, 0.29) is 11.3 Å². The third-order valence-corrected chi connectivity index (χ3v) is 2.68. The van der Waals surface area contributed by atoms with Gasteiger partial charge in [0, 0.05) is 22.1 Å². The molecule has 0 spiro atoms. The van der Waals surface area contributed by atoms with Gasteiger partial charge < -0.3 is 15.4 Å². The van der Waals surface area contributed by atoms with Gasteiger partial charge >= 0.3 is 0 Å². The van der Waals surface area contributed by atoms with Gasteiger partial charge in [-0.15, -0.1) is 0 Å². The Balaban J connectivity index is 2.80. The molecule has 0 saturated heterocycles. The van der Waals surface area contributed by atoms with Gasteiger partial charge in [0.15, 0.2) is 0 Å². The van der Waals surface area contributed by atoms with Crippen molar-refractivity contribution in [1.82, 2.24) is 4.98 Å². The lowest BCUT2D eigenvalue weighted by atomic mass is 10.1. The molecule has 3 N–H and O–H groups in total. The fourth-order valence-electron chi connectivity index (χ4n) is 1.90. The summed E-state index contributed by atoms with van der Waals surface area (Å²) >= 11 is 0. The number of hydrogen-bond donors (Lipinski definition) is 2. The SMILES string of the molecule is [2H]N([2H])C([2H])([2H])C([2H])([2H])c1c(C)[nH]c2c(C)cc(OC)cc12. The van der Waals surface area contributed by atoms with E-state index in [0.717, 1.165) is 5.56 Å². The molecule has 86 valence electrons. The quantitative estimate of drug-likeness (QED) is 0.837. The van der Waals surface area contributed by atoms with Crippen LogP contribution in [0.25, 0.3) is 10.9 Å². The van der Waals surface area contributed by atoms with Gasteiger partial charge in [0.1, 0.15) is 8.57 Å². The molecule has 16 heavy (non-hydrogen) atoms. The van der Waals surface area contributed by atoms with Crippen LogP contribution in [0.3, 0.4) is 0 Å². The van der Waals surface area contributed by atoms with Crippen molar-refractivity contribution in [3.05, 3.63) is 29.0 Å². The number of benzene rings is 1. The molecule has 0 aliphatic rings. The number of H-pyrrole nitrogens is 1. The van der Waals surface area contributed by atoms with Crippen LogP contribution in [0.5, 0.6) is 5.75 Å². The number of aromatic amines is 1. The lowest BCUT2D eigenvalue weighted by Gasteiger charge is -2.04. The van der Waals surface area contributed by atoms with Crippen LogP contribution in [0, 0.1) is 13.8 Å². The zero-order chi connectivity index (χ0) is 16.9. The van der Waals surface area contributed by atoms with Gasteiger partial charge in [0.2, 0.25) is 0 Å². The van der Waals surface area contributed by atoms with Crippen LogP contribution >= 0.6 is 0 Å². The normalized spacial score (nSPS) is 18.5. The molecular formula is C13H18N2O. The van der Waals surface area contributed by atoms with Crippen molar-refractivity contribution in [2.75, 3.05) is 13.6 Å². The van der Waals surface area contributed by atoms with Gasteiger partial charge in [-0.3, -0.25) is 0 Å². The highest BCUT2D eigenvalue weighted by atomic mass is 16.5. The number of aryl methyl sites for hydroxylation is 3. The molecular weight excluding hydrogens is 200 g/mol. The van der Waals surface area contributed by atoms with E-state index in [4.69, 9.17) is 13.0 Å². The molecule has 0 fully saturated rings. The van der Waals surface area contributed by atoms with Crippen molar-refractivity contribution in [1.29, 1.82) is 0 Å².